The molecule has 18 nitrogen and oxygen atoms in total. The third kappa shape index (κ3) is 17.2. The van der Waals surface area contributed by atoms with E-state index in [-0.39, 0.29) is 61.7 Å². The molecule has 4 atom stereocenters. The predicted octanol–water partition coefficient (Wildman–Crippen LogP) is 3.25. The number of aliphatic carboxylic acids is 1. The van der Waals surface area contributed by atoms with Crippen molar-refractivity contribution in [1.29, 1.82) is 0 Å². The normalized spacial score (nSPS) is 16.8. The average Bonchev–Trinajstić information content (AvgIpc) is 3.70. The first kappa shape index (κ1) is 54.5. The number of hydrogen-bond acceptors (Lipinski definition) is 9. The van der Waals surface area contributed by atoms with E-state index in [2.05, 4.69) is 15.6 Å². The minimum absolute atomic E-state index is 0.0290. The number of nitrogens with zero attached hydrogens (tertiary/aromatic N) is 4. The second-order valence-corrected chi connectivity index (χ2v) is 17.3. The fourth-order valence-corrected chi connectivity index (χ4v) is 8.09. The molecule has 1 saturated heterocycles. The Bertz CT molecular complexity index is 1760. The van der Waals surface area contributed by atoms with Gasteiger partial charge in [0.2, 0.25) is 23.6 Å². The summed E-state index contributed by atoms with van der Waals surface area (Å²) in [5.74, 6) is -7.02. The number of carboxylic acid groups (broad SMARTS) is 1. The molecule has 3 rings (SSSR count). The molecular weight excluding hydrogens is 842 g/mol. The average molecular weight is 911 g/mol. The van der Waals surface area contributed by atoms with Crippen molar-refractivity contribution < 1.29 is 51.8 Å². The first-order valence-electron chi connectivity index (χ1n) is 21.9. The number of nitrogens with one attached hydrogen (secondary N) is 2. The Kier molecular flexibility index (Phi) is 21.8. The first-order chi connectivity index (χ1) is 29.9. The summed E-state index contributed by atoms with van der Waals surface area (Å²) in [7, 11) is 0. The maximum absolute atomic E-state index is 14.9. The highest BCUT2D eigenvalue weighted by atomic mass is 19.4. The summed E-state index contributed by atoms with van der Waals surface area (Å²) in [5.41, 5.74) is 23.9. The van der Waals surface area contributed by atoms with Crippen LogP contribution >= 0.6 is 0 Å². The maximum Gasteiger partial charge on any atom is 0.490 e. The fraction of sp³-hybridized carbons (Fsp3) is 0.674. The number of rotatable bonds is 19. The van der Waals surface area contributed by atoms with Gasteiger partial charge in [0.05, 0.1) is 0 Å². The van der Waals surface area contributed by atoms with Gasteiger partial charge in [0.15, 0.2) is 5.96 Å². The monoisotopic (exact) mass is 911 g/mol. The van der Waals surface area contributed by atoms with Crippen molar-refractivity contribution in [2.75, 3.05) is 25.4 Å². The molecule has 7 amide bonds. The Morgan fingerprint density at radius 2 is 1.42 bits per heavy atom. The van der Waals surface area contributed by atoms with Gasteiger partial charge >= 0.3 is 18.2 Å². The largest absolute Gasteiger partial charge is 0.490 e. The number of likely N-dealkylation sites (tertiary alicyclic amines) is 1. The van der Waals surface area contributed by atoms with E-state index in [4.69, 9.17) is 32.8 Å². The van der Waals surface area contributed by atoms with Gasteiger partial charge in [-0.15, -0.1) is 0 Å². The number of primary amides is 1. The van der Waals surface area contributed by atoms with Gasteiger partial charge in [-0.1, -0.05) is 45.2 Å². The number of carboxylic acids is 1. The van der Waals surface area contributed by atoms with Crippen molar-refractivity contribution in [1.82, 2.24) is 25.3 Å². The standard InChI is InChI=1S/C41H68N10O6.C2HF3O2/c1-25(2)23-32(38(55)49-22-12-15-33(49)35(43)52)47-41(57)50(21-11-10-20-46-40(44)45)39(56)34(29-13-8-7-9-14-29)48-36(53)31(24-28-16-18-30(42)19-17-28)37(54)51(26(3)4)27(5)6;3-2(4,5)1(6)7/h16-19,25-27,29,31-34H,7-15,20-24,42H2,1-6H3,(H2,43,52)(H,47,57)(H,48,53)(H4,44,45,46);(H,6,7)/t31?,32-,33-,34-;/m0./s1. The van der Waals surface area contributed by atoms with E-state index in [0.29, 0.717) is 50.8 Å². The molecule has 21 heteroatoms. The van der Waals surface area contributed by atoms with Gasteiger partial charge in [-0.2, -0.15) is 13.2 Å². The molecule has 64 heavy (non-hydrogen) atoms. The van der Waals surface area contributed by atoms with Crippen molar-refractivity contribution in [3.8, 4) is 0 Å². The Balaban J connectivity index is 0.00000185. The van der Waals surface area contributed by atoms with Crippen LogP contribution in [0.4, 0.5) is 23.7 Å². The molecule has 360 valence electrons. The summed E-state index contributed by atoms with van der Waals surface area (Å²) in [5, 5.41) is 12.9. The van der Waals surface area contributed by atoms with E-state index < -0.39 is 65.8 Å². The summed E-state index contributed by atoms with van der Waals surface area (Å²) in [4.78, 5) is 101. The molecule has 0 aromatic heterocycles. The van der Waals surface area contributed by atoms with E-state index in [1.54, 1.807) is 29.2 Å². The summed E-state index contributed by atoms with van der Waals surface area (Å²) in [6.07, 6.45) is 0.939. The molecule has 1 aliphatic heterocycles. The van der Waals surface area contributed by atoms with Crippen LogP contribution in [0, 0.1) is 17.8 Å². The lowest BCUT2D eigenvalue weighted by Gasteiger charge is -2.37. The van der Waals surface area contributed by atoms with Crippen molar-refractivity contribution in [2.45, 2.75) is 149 Å². The minimum atomic E-state index is -5.08. The molecule has 1 saturated carbocycles. The van der Waals surface area contributed by atoms with E-state index >= 15 is 0 Å². The number of alkyl halides is 3. The van der Waals surface area contributed by atoms with Crippen LogP contribution < -0.4 is 33.6 Å². The number of halogens is 3. The zero-order chi connectivity index (χ0) is 48.5. The predicted molar refractivity (Wildman–Crippen MR) is 235 cm³/mol. The van der Waals surface area contributed by atoms with Crippen LogP contribution in [0.15, 0.2) is 29.3 Å². The van der Waals surface area contributed by atoms with Crippen molar-refractivity contribution >= 4 is 53.2 Å². The van der Waals surface area contributed by atoms with Gasteiger partial charge in [-0.05, 0) is 109 Å². The number of nitrogens with two attached hydrogens (primary N) is 4. The van der Waals surface area contributed by atoms with Crippen LogP contribution in [0.5, 0.6) is 0 Å². The third-order valence-electron chi connectivity index (χ3n) is 11.1. The summed E-state index contributed by atoms with van der Waals surface area (Å²) in [6, 6.07) is 2.82. The Labute approximate surface area is 373 Å². The second-order valence-electron chi connectivity index (χ2n) is 17.3. The summed E-state index contributed by atoms with van der Waals surface area (Å²) in [6.45, 7) is 11.9. The number of carbonyl (C=O) groups excluding carboxylic acids is 6. The molecule has 1 aromatic carbocycles. The third-order valence-corrected chi connectivity index (χ3v) is 11.1. The molecule has 2 fully saturated rings. The molecule has 11 N–H and O–H groups in total. The molecule has 1 aromatic rings. The number of carbonyl (C=O) groups is 7. The van der Waals surface area contributed by atoms with Gasteiger partial charge in [-0.25, -0.2) is 9.59 Å². The number of urea groups is 1. The lowest BCUT2D eigenvalue weighted by atomic mass is 9.82. The van der Waals surface area contributed by atoms with Gasteiger partial charge in [0, 0.05) is 37.4 Å². The molecular formula is C43H69F3N10O8. The number of aliphatic imine (C=N–C) groups is 1. The van der Waals surface area contributed by atoms with Crippen molar-refractivity contribution in [2.24, 2.45) is 39.9 Å². The minimum Gasteiger partial charge on any atom is -0.475 e. The molecule has 0 radical (unpaired) electrons. The Morgan fingerprint density at radius 3 is 1.92 bits per heavy atom. The van der Waals surface area contributed by atoms with Crippen LogP contribution in [0.25, 0.3) is 0 Å². The number of amides is 7. The highest BCUT2D eigenvalue weighted by Gasteiger charge is 2.42. The topological polar surface area (TPSA) is 290 Å². The maximum atomic E-state index is 14.9. The highest BCUT2D eigenvalue weighted by Crippen LogP contribution is 2.29. The molecule has 1 unspecified atom stereocenters. The Hall–Kier alpha value is -5.63. The van der Waals surface area contributed by atoms with Crippen LogP contribution in [0.3, 0.4) is 0 Å². The SMILES string of the molecule is CC(C)C[C@H](NC(=O)N(CCCCN=C(N)N)C(=O)[C@@H](NC(=O)C(Cc1ccc(N)cc1)C(=O)N(C(C)C)C(C)C)C1CCCCC1)C(=O)N1CCC[C@H]1C(N)=O.O=C(O)C(F)(F)F. The van der Waals surface area contributed by atoms with Gasteiger partial charge in [0.25, 0.3) is 5.91 Å². The fourth-order valence-electron chi connectivity index (χ4n) is 8.09. The number of imide groups is 1. The summed E-state index contributed by atoms with van der Waals surface area (Å²) < 4.78 is 31.7. The van der Waals surface area contributed by atoms with E-state index in [0.717, 1.165) is 29.7 Å². The van der Waals surface area contributed by atoms with Crippen molar-refractivity contribution in [3.63, 3.8) is 0 Å². The first-order valence-corrected chi connectivity index (χ1v) is 21.9. The Morgan fingerprint density at radius 1 is 0.844 bits per heavy atom. The lowest BCUT2D eigenvalue weighted by Crippen LogP contribution is -2.60. The van der Waals surface area contributed by atoms with E-state index in [1.807, 2.05) is 41.5 Å². The van der Waals surface area contributed by atoms with Gasteiger partial charge in [-0.3, -0.25) is 33.9 Å². The number of hydrogen-bond donors (Lipinski definition) is 7. The second kappa shape index (κ2) is 25.6. The van der Waals surface area contributed by atoms with Gasteiger partial charge in [0.1, 0.15) is 24.0 Å². The molecule has 1 heterocycles. The zero-order valence-electron chi connectivity index (χ0n) is 37.9. The van der Waals surface area contributed by atoms with Crippen molar-refractivity contribution in [3.05, 3.63) is 29.8 Å². The van der Waals surface area contributed by atoms with Crippen LogP contribution in [0.2, 0.25) is 0 Å². The van der Waals surface area contributed by atoms with Gasteiger partial charge < -0.3 is 48.5 Å². The smallest absolute Gasteiger partial charge is 0.475 e. The molecule has 1 aliphatic carbocycles. The zero-order valence-corrected chi connectivity index (χ0v) is 37.9. The number of nitrogen functional groups attached to an aromatic ring is 1. The highest BCUT2D eigenvalue weighted by molar-refractivity contribution is 6.04. The number of guanidine groups is 1. The summed E-state index contributed by atoms with van der Waals surface area (Å²) >= 11 is 0. The molecule has 2 aliphatic rings. The molecule has 0 spiro atoms. The van der Waals surface area contributed by atoms with Crippen LogP contribution in [-0.2, 0) is 35.2 Å². The van der Waals surface area contributed by atoms with E-state index in [1.165, 1.54) is 4.90 Å². The molecule has 0 bridgehead atoms. The van der Waals surface area contributed by atoms with E-state index in [9.17, 15) is 41.9 Å². The van der Waals surface area contributed by atoms with Crippen LogP contribution in [0.1, 0.15) is 111 Å². The van der Waals surface area contributed by atoms with Crippen LogP contribution in [-0.4, -0.2) is 123 Å². The number of anilines is 1. The lowest BCUT2D eigenvalue weighted by molar-refractivity contribution is -0.192. The quantitative estimate of drug-likeness (QED) is 0.0348. The number of benzene rings is 1. The number of unbranched alkanes of at least 4 members (excludes halogenated alkanes) is 1.